The van der Waals surface area contributed by atoms with Gasteiger partial charge < -0.3 is 8.23 Å². The minimum Gasteiger partial charge on any atom is -1.00 e. The molecule has 0 aliphatic heterocycles. The van der Waals surface area contributed by atoms with E-state index >= 15 is 0 Å². The maximum Gasteiger partial charge on any atom is 1.00 e. The van der Waals surface area contributed by atoms with Gasteiger partial charge in [-0.1, -0.05) is 0 Å². The van der Waals surface area contributed by atoms with Gasteiger partial charge in [0.15, 0.2) is 0 Å². The van der Waals surface area contributed by atoms with Gasteiger partial charge in [0.25, 0.3) is 0 Å². The van der Waals surface area contributed by atoms with E-state index in [4.69, 9.17) is 0 Å². The van der Waals surface area contributed by atoms with Gasteiger partial charge >= 0.3 is 46.3 Å². The third kappa shape index (κ3) is 10.0. The number of halogens is 2. The van der Waals surface area contributed by atoms with E-state index < -0.39 is 0 Å². The normalized spacial score (nSPS) is 1.25. The zero-order valence-corrected chi connectivity index (χ0v) is 6.76. The molecular weight excluding hydrogens is 88.0 g/mol. The SMILES string of the molecule is [F-].[F][AlH2].[Na+]. The summed E-state index contributed by atoms with van der Waals surface area (Å²) in [6.45, 7) is 0. The number of rotatable bonds is 0. The Kier molecular flexibility index (Phi) is 118. The van der Waals surface area contributed by atoms with Gasteiger partial charge in [-0.2, -0.15) is 0 Å². The third-order valence-electron chi connectivity index (χ3n) is 0. The molecule has 0 aliphatic rings. The van der Waals surface area contributed by atoms with Crippen LogP contribution < -0.4 is 34.3 Å². The molecule has 0 unspecified atom stereocenters. The molecule has 0 fully saturated rings. The van der Waals surface area contributed by atoms with Gasteiger partial charge in [-0.3, -0.25) is 0 Å². The Morgan fingerprint density at radius 1 is 1.25 bits per heavy atom. The molecule has 0 atom stereocenters. The van der Waals surface area contributed by atoms with Gasteiger partial charge in [0.2, 0.25) is 0 Å². The first kappa shape index (κ1) is 18.2. The molecule has 0 spiro atoms. The molecule has 0 heterocycles. The summed E-state index contributed by atoms with van der Waals surface area (Å²) in [6.07, 6.45) is 0. The fraction of sp³-hybridized carbons (Fsp3) is 0. The van der Waals surface area contributed by atoms with Crippen LogP contribution in [0.3, 0.4) is 0 Å². The second-order valence-corrected chi connectivity index (χ2v) is 0. The van der Waals surface area contributed by atoms with E-state index in [0.29, 0.717) is 0 Å². The predicted molar refractivity (Wildman–Crippen MR) is 9.65 cm³/mol. The monoisotopic (exact) mass is 90.0 g/mol. The Bertz CT molecular complexity index is 6.00. The fourth-order valence-corrected chi connectivity index (χ4v) is 0. The van der Waals surface area contributed by atoms with Crippen LogP contribution in [0.1, 0.15) is 0 Å². The summed E-state index contributed by atoms with van der Waals surface area (Å²) in [4.78, 5) is 0. The van der Waals surface area contributed by atoms with E-state index in [2.05, 4.69) is 0 Å². The molecule has 0 radical (unpaired) electrons. The molecule has 0 aromatic rings. The van der Waals surface area contributed by atoms with Crippen LogP contribution in [0, 0.1) is 0 Å². The quantitative estimate of drug-likeness (QED) is 0.259. The van der Waals surface area contributed by atoms with Crippen molar-refractivity contribution in [1.82, 2.24) is 0 Å². The second kappa shape index (κ2) is 26.1. The van der Waals surface area contributed by atoms with Gasteiger partial charge in [0.1, 0.15) is 0 Å². The third-order valence-corrected chi connectivity index (χ3v) is 0. The van der Waals surface area contributed by atoms with Crippen LogP contribution in [0.25, 0.3) is 0 Å². The van der Waals surface area contributed by atoms with Crippen LogP contribution in [0.15, 0.2) is 0 Å². The molecule has 0 rings (SSSR count). The summed E-state index contributed by atoms with van der Waals surface area (Å²) in [5.74, 6) is 0. The van der Waals surface area contributed by atoms with E-state index in [-0.39, 0.29) is 51.0 Å². The smallest absolute Gasteiger partial charge is 1.00 e. The Balaban J connectivity index is -0.00000000500. The number of hydrogen-bond donors (Lipinski definition) is 0. The maximum absolute atomic E-state index is 9.64. The molecule has 0 saturated heterocycles. The Morgan fingerprint density at radius 3 is 1.25 bits per heavy atom. The number of hydrogen-bond acceptors (Lipinski definition) is 0. The average molecular weight is 90.0 g/mol. The summed E-state index contributed by atoms with van der Waals surface area (Å²) >= 11 is -0.194. The van der Waals surface area contributed by atoms with Crippen LogP contribution in [0.5, 0.6) is 0 Å². The minimum atomic E-state index is -0.194. The summed E-state index contributed by atoms with van der Waals surface area (Å²) in [5.41, 5.74) is 0. The summed E-state index contributed by atoms with van der Waals surface area (Å²) in [6, 6.07) is 0. The van der Waals surface area contributed by atoms with E-state index in [9.17, 15) is 3.52 Å². The van der Waals surface area contributed by atoms with Gasteiger partial charge in [-0.15, -0.1) is 0 Å². The Labute approximate surface area is 54.3 Å². The molecule has 0 aromatic carbocycles. The Hall–Kier alpha value is 1.39. The summed E-state index contributed by atoms with van der Waals surface area (Å²) < 4.78 is 9.64. The maximum atomic E-state index is 9.64. The zero-order chi connectivity index (χ0) is 2.00. The molecule has 0 bridgehead atoms. The van der Waals surface area contributed by atoms with E-state index in [1.54, 1.807) is 0 Å². The molecule has 0 amide bonds. The van der Waals surface area contributed by atoms with Gasteiger partial charge in [-0.25, -0.2) is 0 Å². The van der Waals surface area contributed by atoms with Crippen LogP contribution in [-0.4, -0.2) is 16.7 Å². The van der Waals surface area contributed by atoms with Crippen molar-refractivity contribution in [3.8, 4) is 0 Å². The van der Waals surface area contributed by atoms with Crippen LogP contribution in [0.4, 0.5) is 3.52 Å². The molecule has 0 aromatic heterocycles. The fourth-order valence-electron chi connectivity index (χ4n) is 0. The molecule has 4 heteroatoms. The van der Waals surface area contributed by atoms with Crippen LogP contribution in [0.2, 0.25) is 0 Å². The van der Waals surface area contributed by atoms with Crippen molar-refractivity contribution in [2.45, 2.75) is 0 Å². The molecule has 4 heavy (non-hydrogen) atoms. The summed E-state index contributed by atoms with van der Waals surface area (Å²) in [7, 11) is 0. The topological polar surface area (TPSA) is 0 Å². The first-order valence-corrected chi connectivity index (χ1v) is 1.13. The molecular formula is H2AlF2Na. The molecule has 0 aliphatic carbocycles. The van der Waals surface area contributed by atoms with Crippen LogP contribution in [-0.2, 0) is 0 Å². The van der Waals surface area contributed by atoms with Crippen molar-refractivity contribution < 1.29 is 37.8 Å². The molecule has 0 N–H and O–H groups in total. The standard InChI is InChI=1S/Al.2FH.Na.2H/h;2*1H;;;/q+1;;;+1;;/p-2. The first-order valence-electron chi connectivity index (χ1n) is 0.378. The van der Waals surface area contributed by atoms with Crippen molar-refractivity contribution in [3.63, 3.8) is 0 Å². The Morgan fingerprint density at radius 2 is 1.25 bits per heavy atom. The zero-order valence-electron chi connectivity index (χ0n) is 2.76. The van der Waals surface area contributed by atoms with Gasteiger partial charge in [0, 0.05) is 0 Å². The molecule has 0 nitrogen and oxygen atoms in total. The van der Waals surface area contributed by atoms with Crippen molar-refractivity contribution in [3.05, 3.63) is 0 Å². The predicted octanol–water partition coefficient (Wildman–Crippen LogP) is -6.49. The van der Waals surface area contributed by atoms with Crippen molar-refractivity contribution in [1.29, 1.82) is 0 Å². The van der Waals surface area contributed by atoms with Crippen molar-refractivity contribution in [2.24, 2.45) is 0 Å². The average Bonchev–Trinajstić information content (AvgIpc) is 1.00. The van der Waals surface area contributed by atoms with Crippen molar-refractivity contribution >= 4 is 16.7 Å². The van der Waals surface area contributed by atoms with E-state index in [1.807, 2.05) is 0 Å². The minimum absolute atomic E-state index is 0. The first-order chi connectivity index (χ1) is 1.00. The van der Waals surface area contributed by atoms with E-state index in [1.165, 1.54) is 0 Å². The van der Waals surface area contributed by atoms with Crippen molar-refractivity contribution in [2.75, 3.05) is 0 Å². The molecule has 20 valence electrons. The van der Waals surface area contributed by atoms with Gasteiger partial charge in [0.05, 0.1) is 0 Å². The van der Waals surface area contributed by atoms with Gasteiger partial charge in [-0.05, 0) is 0 Å². The molecule has 0 saturated carbocycles. The van der Waals surface area contributed by atoms with Crippen LogP contribution >= 0.6 is 0 Å². The second-order valence-electron chi connectivity index (χ2n) is 0. The largest absolute Gasteiger partial charge is 1.00 e. The summed E-state index contributed by atoms with van der Waals surface area (Å²) in [5, 5.41) is 0. The van der Waals surface area contributed by atoms with E-state index in [0.717, 1.165) is 0 Å².